The molecule has 14 heavy (non-hydrogen) atoms. The van der Waals surface area contributed by atoms with E-state index in [1.54, 1.807) is 17.8 Å². The molecule has 2 rings (SSSR count). The normalized spacial score (nSPS) is 10.4. The van der Waals surface area contributed by atoms with E-state index in [4.69, 9.17) is 16.9 Å². The Labute approximate surface area is 85.7 Å². The summed E-state index contributed by atoms with van der Waals surface area (Å²) in [6, 6.07) is 3.51. The number of nitriles is 1. The highest BCUT2D eigenvalue weighted by Crippen LogP contribution is 2.25. The van der Waals surface area contributed by atoms with E-state index in [1.165, 1.54) is 0 Å². The molecule has 70 valence electrons. The van der Waals surface area contributed by atoms with Gasteiger partial charge in [-0.1, -0.05) is 11.6 Å². The van der Waals surface area contributed by atoms with E-state index in [2.05, 4.69) is 10.1 Å². The average molecular weight is 207 g/mol. The number of nitrogens with zero attached hydrogens (tertiary/aromatic N) is 4. The maximum absolute atomic E-state index is 8.72. The molecule has 0 amide bonds. The molecule has 2 aromatic rings. The summed E-state index contributed by atoms with van der Waals surface area (Å²) in [5, 5.41) is 14.2. The molecule has 0 fully saturated rings. The summed E-state index contributed by atoms with van der Waals surface area (Å²) in [5.41, 5.74) is 1.78. The standard InChI is InChI=1S/C9H7ClN4/c1-5-8-7(10)3-6(4-11)12-9(8)14(2)13-5/h3H,1-2H3. The van der Waals surface area contributed by atoms with Crippen LogP contribution in [0.4, 0.5) is 0 Å². The first-order chi connectivity index (χ1) is 6.63. The van der Waals surface area contributed by atoms with Crippen LogP contribution in [-0.4, -0.2) is 14.8 Å². The molecule has 2 heterocycles. The van der Waals surface area contributed by atoms with Gasteiger partial charge in [-0.2, -0.15) is 10.4 Å². The first kappa shape index (κ1) is 8.97. The van der Waals surface area contributed by atoms with Crippen LogP contribution >= 0.6 is 11.6 Å². The number of fused-ring (bicyclic) bond motifs is 1. The largest absolute Gasteiger partial charge is 0.250 e. The van der Waals surface area contributed by atoms with Gasteiger partial charge in [0.1, 0.15) is 11.8 Å². The zero-order valence-corrected chi connectivity index (χ0v) is 8.50. The fourth-order valence-electron chi connectivity index (χ4n) is 1.45. The van der Waals surface area contributed by atoms with Crippen LogP contribution in [0.1, 0.15) is 11.4 Å². The van der Waals surface area contributed by atoms with Crippen LogP contribution in [0, 0.1) is 18.3 Å². The highest BCUT2D eigenvalue weighted by Gasteiger charge is 2.11. The van der Waals surface area contributed by atoms with E-state index in [0.29, 0.717) is 16.4 Å². The van der Waals surface area contributed by atoms with Crippen molar-refractivity contribution in [2.75, 3.05) is 0 Å². The predicted molar refractivity (Wildman–Crippen MR) is 53.0 cm³/mol. The third-order valence-corrected chi connectivity index (χ3v) is 2.33. The lowest BCUT2D eigenvalue weighted by molar-refractivity contribution is 0.773. The van der Waals surface area contributed by atoms with Crippen LogP contribution in [-0.2, 0) is 7.05 Å². The lowest BCUT2D eigenvalue weighted by Gasteiger charge is -1.96. The smallest absolute Gasteiger partial charge is 0.160 e. The monoisotopic (exact) mass is 206 g/mol. The number of aryl methyl sites for hydroxylation is 2. The lowest BCUT2D eigenvalue weighted by atomic mass is 10.2. The molecular formula is C9H7ClN4. The van der Waals surface area contributed by atoms with E-state index in [0.717, 1.165) is 11.1 Å². The molecule has 4 nitrogen and oxygen atoms in total. The molecule has 0 radical (unpaired) electrons. The molecule has 0 aliphatic heterocycles. The Balaban J connectivity index is 2.94. The van der Waals surface area contributed by atoms with Crippen molar-refractivity contribution in [3.63, 3.8) is 0 Å². The second-order valence-corrected chi connectivity index (χ2v) is 3.42. The molecule has 0 bridgehead atoms. The molecule has 0 unspecified atom stereocenters. The quantitative estimate of drug-likeness (QED) is 0.661. The van der Waals surface area contributed by atoms with Gasteiger partial charge < -0.3 is 0 Å². The second-order valence-electron chi connectivity index (χ2n) is 3.01. The van der Waals surface area contributed by atoms with Crippen LogP contribution in [0.25, 0.3) is 11.0 Å². The zero-order valence-electron chi connectivity index (χ0n) is 7.74. The molecule has 0 spiro atoms. The third kappa shape index (κ3) is 1.14. The second kappa shape index (κ2) is 2.96. The van der Waals surface area contributed by atoms with Crippen molar-refractivity contribution in [2.24, 2.45) is 7.05 Å². The molecule has 0 N–H and O–H groups in total. The maximum atomic E-state index is 8.72. The molecule has 0 aliphatic rings. The molecule has 0 saturated heterocycles. The Morgan fingerprint density at radius 1 is 1.57 bits per heavy atom. The van der Waals surface area contributed by atoms with Gasteiger partial charge >= 0.3 is 0 Å². The van der Waals surface area contributed by atoms with E-state index < -0.39 is 0 Å². The van der Waals surface area contributed by atoms with Crippen molar-refractivity contribution in [3.05, 3.63) is 22.5 Å². The number of pyridine rings is 1. The van der Waals surface area contributed by atoms with Crippen molar-refractivity contribution in [3.8, 4) is 6.07 Å². The SMILES string of the molecule is Cc1nn(C)c2nc(C#N)cc(Cl)c12. The van der Waals surface area contributed by atoms with Crippen LogP contribution in [0.2, 0.25) is 5.02 Å². The van der Waals surface area contributed by atoms with Gasteiger partial charge in [0, 0.05) is 7.05 Å². The van der Waals surface area contributed by atoms with Crippen LogP contribution in [0.15, 0.2) is 6.07 Å². The Morgan fingerprint density at radius 3 is 2.93 bits per heavy atom. The van der Waals surface area contributed by atoms with Gasteiger partial charge in [-0.05, 0) is 13.0 Å². The molecular weight excluding hydrogens is 200 g/mol. The van der Waals surface area contributed by atoms with Crippen LogP contribution in [0.3, 0.4) is 0 Å². The third-order valence-electron chi connectivity index (χ3n) is 2.04. The Morgan fingerprint density at radius 2 is 2.29 bits per heavy atom. The maximum Gasteiger partial charge on any atom is 0.160 e. The van der Waals surface area contributed by atoms with E-state index in [1.807, 2.05) is 13.0 Å². The van der Waals surface area contributed by atoms with Gasteiger partial charge in [-0.3, -0.25) is 4.68 Å². The van der Waals surface area contributed by atoms with Gasteiger partial charge in [-0.15, -0.1) is 0 Å². The Bertz CT molecular complexity index is 550. The zero-order chi connectivity index (χ0) is 10.3. The van der Waals surface area contributed by atoms with Gasteiger partial charge in [0.2, 0.25) is 0 Å². The van der Waals surface area contributed by atoms with Gasteiger partial charge in [-0.25, -0.2) is 4.98 Å². The molecule has 2 aromatic heterocycles. The minimum Gasteiger partial charge on any atom is -0.250 e. The summed E-state index contributed by atoms with van der Waals surface area (Å²) in [6.45, 7) is 1.86. The van der Waals surface area contributed by atoms with E-state index in [-0.39, 0.29) is 0 Å². The molecule has 0 atom stereocenters. The minimum absolute atomic E-state index is 0.311. The van der Waals surface area contributed by atoms with Crippen molar-refractivity contribution < 1.29 is 0 Å². The van der Waals surface area contributed by atoms with Crippen molar-refractivity contribution in [1.29, 1.82) is 5.26 Å². The number of aromatic nitrogens is 3. The summed E-state index contributed by atoms with van der Waals surface area (Å²) in [6.07, 6.45) is 0. The fraction of sp³-hybridized carbons (Fsp3) is 0.222. The summed E-state index contributed by atoms with van der Waals surface area (Å²) >= 11 is 6.02. The lowest BCUT2D eigenvalue weighted by Crippen LogP contribution is -1.93. The van der Waals surface area contributed by atoms with Crippen molar-refractivity contribution >= 4 is 22.6 Å². The number of halogens is 1. The van der Waals surface area contributed by atoms with E-state index >= 15 is 0 Å². The Hall–Kier alpha value is -1.60. The predicted octanol–water partition coefficient (Wildman–Crippen LogP) is 1.80. The van der Waals surface area contributed by atoms with Crippen LogP contribution in [0.5, 0.6) is 0 Å². The first-order valence-corrected chi connectivity index (χ1v) is 4.41. The molecule has 0 aliphatic carbocycles. The molecule has 5 heteroatoms. The highest BCUT2D eigenvalue weighted by molar-refractivity contribution is 6.35. The highest BCUT2D eigenvalue weighted by atomic mass is 35.5. The summed E-state index contributed by atoms with van der Waals surface area (Å²) in [7, 11) is 1.78. The van der Waals surface area contributed by atoms with Gasteiger partial charge in [0.05, 0.1) is 16.1 Å². The average Bonchev–Trinajstić information content (AvgIpc) is 2.42. The van der Waals surface area contributed by atoms with E-state index in [9.17, 15) is 0 Å². The van der Waals surface area contributed by atoms with Crippen LogP contribution < -0.4 is 0 Å². The van der Waals surface area contributed by atoms with Crippen molar-refractivity contribution in [2.45, 2.75) is 6.92 Å². The van der Waals surface area contributed by atoms with Crippen molar-refractivity contribution in [1.82, 2.24) is 14.8 Å². The van der Waals surface area contributed by atoms with Gasteiger partial charge in [0.25, 0.3) is 0 Å². The summed E-state index contributed by atoms with van der Waals surface area (Å²) < 4.78 is 1.62. The fourth-order valence-corrected chi connectivity index (χ4v) is 1.77. The first-order valence-electron chi connectivity index (χ1n) is 4.03. The topological polar surface area (TPSA) is 54.5 Å². The van der Waals surface area contributed by atoms with Gasteiger partial charge in [0.15, 0.2) is 5.65 Å². The summed E-state index contributed by atoms with van der Waals surface area (Å²) in [5.74, 6) is 0. The minimum atomic E-state index is 0.311. The number of hydrogen-bond donors (Lipinski definition) is 0. The number of rotatable bonds is 0. The summed E-state index contributed by atoms with van der Waals surface area (Å²) in [4.78, 5) is 4.13. The number of hydrogen-bond acceptors (Lipinski definition) is 3. The Kier molecular flexibility index (Phi) is 1.90. The molecule has 0 saturated carbocycles. The molecule has 0 aromatic carbocycles.